The monoisotopic (exact) mass is 181 g/mol. The average Bonchev–Trinajstić information content (AvgIpc) is 2.28. The summed E-state index contributed by atoms with van der Waals surface area (Å²) in [7, 11) is 1.86. The van der Waals surface area contributed by atoms with Crippen LogP contribution in [0.3, 0.4) is 0 Å². The van der Waals surface area contributed by atoms with Gasteiger partial charge in [-0.25, -0.2) is 4.98 Å². The van der Waals surface area contributed by atoms with Gasteiger partial charge >= 0.3 is 0 Å². The van der Waals surface area contributed by atoms with Crippen molar-refractivity contribution < 1.29 is 0 Å². The molecule has 0 amide bonds. The number of hydrogen-bond acceptors (Lipinski definition) is 2. The van der Waals surface area contributed by atoms with Crippen LogP contribution < -0.4 is 0 Å². The summed E-state index contributed by atoms with van der Waals surface area (Å²) in [5.74, 6) is 0. The lowest BCUT2D eigenvalue weighted by atomic mass is 10.3. The topological polar surface area (TPSA) is 30.7 Å². The lowest BCUT2D eigenvalue weighted by Gasteiger charge is -1.92. The Morgan fingerprint density at radius 1 is 1.42 bits per heavy atom. The van der Waals surface area contributed by atoms with Crippen molar-refractivity contribution in [1.82, 2.24) is 14.8 Å². The summed E-state index contributed by atoms with van der Waals surface area (Å²) < 4.78 is 1.73. The number of aromatic nitrogens is 3. The van der Waals surface area contributed by atoms with E-state index in [9.17, 15) is 0 Å². The van der Waals surface area contributed by atoms with E-state index in [1.807, 2.05) is 20.0 Å². The first kappa shape index (κ1) is 7.55. The largest absolute Gasteiger partial charge is 0.250 e. The number of fused-ring (bicyclic) bond motifs is 1. The predicted octanol–water partition coefficient (Wildman–Crippen LogP) is 1.93. The molecule has 2 aromatic heterocycles. The fraction of sp³-hybridized carbons (Fsp3) is 0.250. The number of rotatable bonds is 0. The van der Waals surface area contributed by atoms with E-state index in [1.165, 1.54) is 0 Å². The van der Waals surface area contributed by atoms with Crippen LogP contribution in [-0.4, -0.2) is 14.8 Å². The first-order valence-corrected chi connectivity index (χ1v) is 4.02. The highest BCUT2D eigenvalue weighted by Crippen LogP contribution is 2.17. The molecular weight excluding hydrogens is 174 g/mol. The number of pyridine rings is 1. The van der Waals surface area contributed by atoms with Gasteiger partial charge in [0.15, 0.2) is 5.65 Å². The van der Waals surface area contributed by atoms with E-state index in [1.54, 1.807) is 10.7 Å². The zero-order chi connectivity index (χ0) is 8.72. The number of aryl methyl sites for hydroxylation is 2. The summed E-state index contributed by atoms with van der Waals surface area (Å²) in [4.78, 5) is 4.16. The lowest BCUT2D eigenvalue weighted by molar-refractivity contribution is 0.774. The molecule has 0 bridgehead atoms. The third-order valence-corrected chi connectivity index (χ3v) is 2.05. The molecule has 0 atom stereocenters. The van der Waals surface area contributed by atoms with Crippen LogP contribution in [0.4, 0.5) is 0 Å². The van der Waals surface area contributed by atoms with Gasteiger partial charge < -0.3 is 0 Å². The summed E-state index contributed by atoms with van der Waals surface area (Å²) in [6.07, 6.45) is 0. The van der Waals surface area contributed by atoms with Gasteiger partial charge in [-0.05, 0) is 19.1 Å². The Hall–Kier alpha value is -1.09. The van der Waals surface area contributed by atoms with Crippen LogP contribution in [0.2, 0.25) is 5.15 Å². The van der Waals surface area contributed by atoms with Crippen LogP contribution in [0.1, 0.15) is 5.69 Å². The van der Waals surface area contributed by atoms with Gasteiger partial charge in [0.05, 0.1) is 5.69 Å². The molecule has 3 nitrogen and oxygen atoms in total. The molecule has 2 heterocycles. The molecule has 0 spiro atoms. The Labute approximate surface area is 75.0 Å². The molecule has 0 aromatic carbocycles. The Morgan fingerprint density at radius 3 is 2.92 bits per heavy atom. The molecule has 0 aliphatic rings. The minimum atomic E-state index is 0.505. The van der Waals surface area contributed by atoms with Crippen molar-refractivity contribution in [2.75, 3.05) is 0 Å². The number of nitrogens with zero attached hydrogens (tertiary/aromatic N) is 3. The second-order valence-corrected chi connectivity index (χ2v) is 3.10. The highest BCUT2D eigenvalue weighted by atomic mass is 35.5. The zero-order valence-corrected chi connectivity index (χ0v) is 7.63. The van der Waals surface area contributed by atoms with Crippen molar-refractivity contribution >= 4 is 22.6 Å². The van der Waals surface area contributed by atoms with Crippen molar-refractivity contribution in [3.63, 3.8) is 0 Å². The molecule has 0 aliphatic heterocycles. The minimum absolute atomic E-state index is 0.505. The van der Waals surface area contributed by atoms with Gasteiger partial charge in [0, 0.05) is 12.4 Å². The molecule has 2 rings (SSSR count). The van der Waals surface area contributed by atoms with Crippen LogP contribution in [0.15, 0.2) is 12.1 Å². The highest BCUT2D eigenvalue weighted by molar-refractivity contribution is 6.29. The maximum absolute atomic E-state index is 5.75. The highest BCUT2D eigenvalue weighted by Gasteiger charge is 2.05. The third-order valence-electron chi connectivity index (χ3n) is 1.84. The molecule has 0 N–H and O–H groups in total. The molecule has 2 aromatic rings. The van der Waals surface area contributed by atoms with Gasteiger partial charge in [-0.1, -0.05) is 11.6 Å². The molecule has 0 radical (unpaired) electrons. The van der Waals surface area contributed by atoms with E-state index >= 15 is 0 Å². The molecule has 0 unspecified atom stereocenters. The van der Waals surface area contributed by atoms with Crippen molar-refractivity contribution in [3.8, 4) is 0 Å². The molecule has 0 saturated carbocycles. The van der Waals surface area contributed by atoms with Crippen LogP contribution in [0.25, 0.3) is 11.0 Å². The Balaban J connectivity index is 2.90. The quantitative estimate of drug-likeness (QED) is 0.582. The fourth-order valence-electron chi connectivity index (χ4n) is 1.28. The third kappa shape index (κ3) is 0.975. The predicted molar refractivity (Wildman–Crippen MR) is 48.3 cm³/mol. The molecule has 4 heteroatoms. The van der Waals surface area contributed by atoms with E-state index < -0.39 is 0 Å². The molecule has 0 fully saturated rings. The van der Waals surface area contributed by atoms with Crippen LogP contribution in [0, 0.1) is 6.92 Å². The standard InChI is InChI=1S/C8H8ClN3/c1-5-6-3-4-7(9)10-8(6)12(2)11-5/h3-4H,1-2H3. The van der Waals surface area contributed by atoms with Crippen LogP contribution >= 0.6 is 11.6 Å². The smallest absolute Gasteiger partial charge is 0.159 e. The summed E-state index contributed by atoms with van der Waals surface area (Å²) in [5.41, 5.74) is 1.82. The van der Waals surface area contributed by atoms with Gasteiger partial charge in [0.1, 0.15) is 5.15 Å². The van der Waals surface area contributed by atoms with Crippen molar-refractivity contribution in [2.24, 2.45) is 7.05 Å². The maximum Gasteiger partial charge on any atom is 0.159 e. The van der Waals surface area contributed by atoms with Crippen molar-refractivity contribution in [2.45, 2.75) is 6.92 Å². The van der Waals surface area contributed by atoms with E-state index in [4.69, 9.17) is 11.6 Å². The molecule has 62 valence electrons. The zero-order valence-electron chi connectivity index (χ0n) is 6.87. The molecule has 0 saturated heterocycles. The number of halogens is 1. The van der Waals surface area contributed by atoms with Crippen LogP contribution in [0.5, 0.6) is 0 Å². The minimum Gasteiger partial charge on any atom is -0.250 e. The number of hydrogen-bond donors (Lipinski definition) is 0. The Kier molecular flexibility index (Phi) is 1.54. The first-order valence-electron chi connectivity index (χ1n) is 3.64. The second kappa shape index (κ2) is 2.45. The Bertz CT molecular complexity index is 433. The van der Waals surface area contributed by atoms with Gasteiger partial charge in [-0.3, -0.25) is 4.68 Å². The van der Waals surface area contributed by atoms with Gasteiger partial charge in [-0.2, -0.15) is 5.10 Å². The SMILES string of the molecule is Cc1nn(C)c2nc(Cl)ccc12. The Morgan fingerprint density at radius 2 is 2.17 bits per heavy atom. The molecule has 12 heavy (non-hydrogen) atoms. The summed E-state index contributed by atoms with van der Waals surface area (Å²) >= 11 is 5.75. The second-order valence-electron chi connectivity index (χ2n) is 2.71. The normalized spacial score (nSPS) is 10.9. The molecule has 0 aliphatic carbocycles. The van der Waals surface area contributed by atoms with E-state index in [-0.39, 0.29) is 0 Å². The van der Waals surface area contributed by atoms with Crippen molar-refractivity contribution in [1.29, 1.82) is 0 Å². The summed E-state index contributed by atoms with van der Waals surface area (Å²) in [6.45, 7) is 1.96. The summed E-state index contributed by atoms with van der Waals surface area (Å²) in [6, 6.07) is 3.71. The fourth-order valence-corrected chi connectivity index (χ4v) is 1.42. The van der Waals surface area contributed by atoms with E-state index in [0.29, 0.717) is 5.15 Å². The van der Waals surface area contributed by atoms with E-state index in [0.717, 1.165) is 16.7 Å². The lowest BCUT2D eigenvalue weighted by Crippen LogP contribution is -1.91. The van der Waals surface area contributed by atoms with Crippen molar-refractivity contribution in [3.05, 3.63) is 23.0 Å². The first-order chi connectivity index (χ1) is 5.68. The maximum atomic E-state index is 5.75. The van der Waals surface area contributed by atoms with Gasteiger partial charge in [0.2, 0.25) is 0 Å². The molecular formula is C8H8ClN3. The van der Waals surface area contributed by atoms with E-state index in [2.05, 4.69) is 10.1 Å². The van der Waals surface area contributed by atoms with Crippen LogP contribution in [-0.2, 0) is 7.05 Å². The van der Waals surface area contributed by atoms with Gasteiger partial charge in [-0.15, -0.1) is 0 Å². The average molecular weight is 182 g/mol. The summed E-state index contributed by atoms with van der Waals surface area (Å²) in [5, 5.41) is 5.79. The van der Waals surface area contributed by atoms with Gasteiger partial charge in [0.25, 0.3) is 0 Å².